The maximum Gasteiger partial charge on any atom is 0.336 e. The first-order chi connectivity index (χ1) is 17.7. The fourth-order valence-electron chi connectivity index (χ4n) is 4.47. The lowest BCUT2D eigenvalue weighted by atomic mass is 9.95. The molecule has 6 N–H and O–H groups in total. The van der Waals surface area contributed by atoms with Crippen molar-refractivity contribution < 1.29 is 44.7 Å². The number of aromatic hydroxyl groups is 4. The zero-order chi connectivity index (χ0) is 26.7. The van der Waals surface area contributed by atoms with Crippen molar-refractivity contribution in [3.8, 4) is 23.0 Å². The number of amides is 1. The standard InChI is InChI=1S/C27H25NO9/c29-18-8-2-1-5-15(18)26(34)28-17-7-4-10-22(17)37-13-14-11-20(31)24(21(32)12-14)25(33)23-16(27(35)36)6-3-9-19(23)30/h1-3,5-6,8-9,11-12,17,22,29-32H,4,7,10,13H2,(H,28,34)(H,35,36)/t17-,22-/m1/s1. The SMILES string of the molecule is O=C(N[C@@H]1CCC[C@H]1OCc1cc(O)c(C(=O)c2c(O)cccc2C(=O)O)c(O)c1)c1ccccc1O. The van der Waals surface area contributed by atoms with Crippen LogP contribution in [0, 0.1) is 0 Å². The Hall–Kier alpha value is -4.57. The van der Waals surface area contributed by atoms with Gasteiger partial charge in [-0.15, -0.1) is 0 Å². The highest BCUT2D eigenvalue weighted by atomic mass is 16.5. The van der Waals surface area contributed by atoms with Crippen molar-refractivity contribution in [3.63, 3.8) is 0 Å². The highest BCUT2D eigenvalue weighted by Gasteiger charge is 2.31. The van der Waals surface area contributed by atoms with Crippen LogP contribution in [0.15, 0.2) is 54.6 Å². The number of ketones is 1. The van der Waals surface area contributed by atoms with Crippen LogP contribution in [0.25, 0.3) is 0 Å². The molecular weight excluding hydrogens is 482 g/mol. The van der Waals surface area contributed by atoms with Crippen LogP contribution in [-0.2, 0) is 11.3 Å². The van der Waals surface area contributed by atoms with Crippen molar-refractivity contribution in [2.24, 2.45) is 0 Å². The zero-order valence-electron chi connectivity index (χ0n) is 19.5. The summed E-state index contributed by atoms with van der Waals surface area (Å²) < 4.78 is 5.93. The lowest BCUT2D eigenvalue weighted by Crippen LogP contribution is -2.41. The molecule has 0 aromatic heterocycles. The van der Waals surface area contributed by atoms with E-state index in [1.54, 1.807) is 12.1 Å². The molecule has 0 heterocycles. The number of carbonyl (C=O) groups excluding carboxylic acids is 2. The number of nitrogens with one attached hydrogen (secondary N) is 1. The van der Waals surface area contributed by atoms with Crippen molar-refractivity contribution in [2.45, 2.75) is 38.0 Å². The Labute approximate surface area is 211 Å². The van der Waals surface area contributed by atoms with Gasteiger partial charge in [0.15, 0.2) is 0 Å². The van der Waals surface area contributed by atoms with Crippen LogP contribution in [0.1, 0.15) is 61.5 Å². The fourth-order valence-corrected chi connectivity index (χ4v) is 4.47. The number of carboxylic acids is 1. The number of benzene rings is 3. The summed E-state index contributed by atoms with van der Waals surface area (Å²) in [6.45, 7) is -0.0554. The molecule has 2 atom stereocenters. The summed E-state index contributed by atoms with van der Waals surface area (Å²) in [5, 5.41) is 53.2. The van der Waals surface area contributed by atoms with Gasteiger partial charge in [-0.05, 0) is 61.2 Å². The minimum atomic E-state index is -1.45. The summed E-state index contributed by atoms with van der Waals surface area (Å²) in [6.07, 6.45) is 1.76. The topological polar surface area (TPSA) is 174 Å². The average Bonchev–Trinajstić information content (AvgIpc) is 3.29. The van der Waals surface area contributed by atoms with E-state index in [0.29, 0.717) is 18.4 Å². The number of hydrogen-bond donors (Lipinski definition) is 6. The minimum Gasteiger partial charge on any atom is -0.507 e. The highest BCUT2D eigenvalue weighted by Crippen LogP contribution is 2.35. The van der Waals surface area contributed by atoms with E-state index in [0.717, 1.165) is 18.6 Å². The van der Waals surface area contributed by atoms with Gasteiger partial charge in [0, 0.05) is 0 Å². The summed E-state index contributed by atoms with van der Waals surface area (Å²) in [4.78, 5) is 37.0. The maximum absolute atomic E-state index is 13.0. The molecule has 3 aromatic carbocycles. The van der Waals surface area contributed by atoms with Crippen LogP contribution in [-0.4, -0.2) is 55.3 Å². The van der Waals surface area contributed by atoms with Crippen molar-refractivity contribution in [3.05, 3.63) is 82.4 Å². The van der Waals surface area contributed by atoms with E-state index >= 15 is 0 Å². The third-order valence-electron chi connectivity index (χ3n) is 6.27. The molecule has 1 amide bonds. The normalized spacial score (nSPS) is 16.9. The monoisotopic (exact) mass is 507 g/mol. The first-order valence-corrected chi connectivity index (χ1v) is 11.5. The van der Waals surface area contributed by atoms with Crippen molar-refractivity contribution in [2.75, 3.05) is 0 Å². The molecule has 10 nitrogen and oxygen atoms in total. The number of phenolic OH excluding ortho intramolecular Hbond substituents is 4. The third kappa shape index (κ3) is 5.34. The van der Waals surface area contributed by atoms with E-state index in [2.05, 4.69) is 5.32 Å². The van der Waals surface area contributed by atoms with Crippen LogP contribution < -0.4 is 5.32 Å². The van der Waals surface area contributed by atoms with Gasteiger partial charge in [-0.1, -0.05) is 18.2 Å². The molecule has 3 aromatic rings. The molecule has 0 spiro atoms. The first kappa shape index (κ1) is 25.5. The van der Waals surface area contributed by atoms with E-state index < -0.39 is 51.6 Å². The molecule has 0 bridgehead atoms. The average molecular weight is 507 g/mol. The molecule has 10 heteroatoms. The molecule has 1 aliphatic rings. The van der Waals surface area contributed by atoms with Crippen LogP contribution in [0.3, 0.4) is 0 Å². The van der Waals surface area contributed by atoms with E-state index in [4.69, 9.17) is 4.74 Å². The molecule has 0 saturated heterocycles. The number of para-hydroxylation sites is 1. The largest absolute Gasteiger partial charge is 0.507 e. The minimum absolute atomic E-state index is 0.0554. The van der Waals surface area contributed by atoms with Gasteiger partial charge in [0.05, 0.1) is 35.4 Å². The zero-order valence-corrected chi connectivity index (χ0v) is 19.5. The van der Waals surface area contributed by atoms with Crippen LogP contribution in [0.5, 0.6) is 23.0 Å². The van der Waals surface area contributed by atoms with Crippen LogP contribution in [0.2, 0.25) is 0 Å². The molecule has 0 unspecified atom stereocenters. The van der Waals surface area contributed by atoms with Gasteiger partial charge in [-0.25, -0.2) is 4.79 Å². The lowest BCUT2D eigenvalue weighted by molar-refractivity contribution is 0.0270. The van der Waals surface area contributed by atoms with Gasteiger partial charge in [0.25, 0.3) is 5.91 Å². The molecule has 1 aliphatic carbocycles. The fraction of sp³-hybridized carbons (Fsp3) is 0.222. The quantitative estimate of drug-likeness (QED) is 0.250. The van der Waals surface area contributed by atoms with Crippen LogP contribution >= 0.6 is 0 Å². The highest BCUT2D eigenvalue weighted by molar-refractivity contribution is 6.18. The molecule has 1 saturated carbocycles. The molecule has 0 aliphatic heterocycles. The second kappa shape index (κ2) is 10.6. The summed E-state index contributed by atoms with van der Waals surface area (Å²) in [5.74, 6) is -4.89. The summed E-state index contributed by atoms with van der Waals surface area (Å²) in [7, 11) is 0. The van der Waals surface area contributed by atoms with Crippen molar-refractivity contribution in [1.82, 2.24) is 5.32 Å². The van der Waals surface area contributed by atoms with E-state index in [9.17, 15) is 39.9 Å². The van der Waals surface area contributed by atoms with Gasteiger partial charge in [-0.2, -0.15) is 0 Å². The second-order valence-corrected chi connectivity index (χ2v) is 8.72. The summed E-state index contributed by atoms with van der Waals surface area (Å²) in [6, 6.07) is 11.8. The van der Waals surface area contributed by atoms with Gasteiger partial charge >= 0.3 is 5.97 Å². The molecular formula is C27H25NO9. The maximum atomic E-state index is 13.0. The predicted molar refractivity (Wildman–Crippen MR) is 130 cm³/mol. The Bertz CT molecular complexity index is 1340. The molecule has 192 valence electrons. The van der Waals surface area contributed by atoms with E-state index in [1.807, 2.05) is 0 Å². The number of hydrogen-bond acceptors (Lipinski definition) is 8. The smallest absolute Gasteiger partial charge is 0.336 e. The Balaban J connectivity index is 1.48. The molecule has 37 heavy (non-hydrogen) atoms. The number of aromatic carboxylic acids is 1. The predicted octanol–water partition coefficient (Wildman–Crippen LogP) is 3.31. The number of carboxylic acid groups (broad SMARTS) is 1. The number of phenols is 4. The van der Waals surface area contributed by atoms with Gasteiger partial charge in [-0.3, -0.25) is 9.59 Å². The Kier molecular flexibility index (Phi) is 7.30. The van der Waals surface area contributed by atoms with Crippen molar-refractivity contribution >= 4 is 17.7 Å². The van der Waals surface area contributed by atoms with E-state index in [-0.39, 0.29) is 30.1 Å². The first-order valence-electron chi connectivity index (χ1n) is 11.5. The van der Waals surface area contributed by atoms with Gasteiger partial charge in [0.1, 0.15) is 28.6 Å². The molecule has 0 radical (unpaired) electrons. The number of carbonyl (C=O) groups is 3. The molecule has 4 rings (SSSR count). The van der Waals surface area contributed by atoms with Crippen molar-refractivity contribution in [1.29, 1.82) is 0 Å². The lowest BCUT2D eigenvalue weighted by Gasteiger charge is -2.22. The van der Waals surface area contributed by atoms with Gasteiger partial charge in [0.2, 0.25) is 5.78 Å². The Morgan fingerprint density at radius 2 is 1.46 bits per heavy atom. The second-order valence-electron chi connectivity index (χ2n) is 8.72. The summed E-state index contributed by atoms with van der Waals surface area (Å²) >= 11 is 0. The summed E-state index contributed by atoms with van der Waals surface area (Å²) in [5.41, 5.74) is -1.10. The Morgan fingerprint density at radius 3 is 2.14 bits per heavy atom. The van der Waals surface area contributed by atoms with Gasteiger partial charge < -0.3 is 35.6 Å². The Morgan fingerprint density at radius 1 is 0.811 bits per heavy atom. The molecule has 1 fully saturated rings. The van der Waals surface area contributed by atoms with E-state index in [1.165, 1.54) is 30.3 Å². The third-order valence-corrected chi connectivity index (χ3v) is 6.27. The number of rotatable bonds is 8. The number of ether oxygens (including phenoxy) is 1. The van der Waals surface area contributed by atoms with Crippen LogP contribution in [0.4, 0.5) is 0 Å².